The van der Waals surface area contributed by atoms with Crippen LogP contribution in [0, 0.1) is 0 Å². The van der Waals surface area contributed by atoms with Gasteiger partial charge in [-0.15, -0.1) is 0 Å². The maximum absolute atomic E-state index is 8.57. The fourth-order valence-corrected chi connectivity index (χ4v) is 2.08. The van der Waals surface area contributed by atoms with Crippen LogP contribution in [-0.2, 0) is 4.74 Å². The zero-order valence-electron chi connectivity index (χ0n) is 10.4. The molecule has 0 saturated carbocycles. The van der Waals surface area contributed by atoms with Gasteiger partial charge in [-0.2, -0.15) is 0 Å². The first-order valence-corrected chi connectivity index (χ1v) is 5.87. The van der Waals surface area contributed by atoms with Crippen LogP contribution in [0.3, 0.4) is 0 Å². The van der Waals surface area contributed by atoms with Crippen molar-refractivity contribution in [2.24, 2.45) is 10.9 Å². The van der Waals surface area contributed by atoms with Gasteiger partial charge in [0.05, 0.1) is 6.10 Å². The molecule has 1 rings (SSSR count). The Bertz CT molecular complexity index is 258. The lowest BCUT2D eigenvalue weighted by Crippen LogP contribution is -2.53. The van der Waals surface area contributed by atoms with E-state index in [1.54, 1.807) is 0 Å². The van der Waals surface area contributed by atoms with Crippen LogP contribution < -0.4 is 11.1 Å². The molecule has 4 N–H and O–H groups in total. The lowest BCUT2D eigenvalue weighted by molar-refractivity contribution is 0.0841. The van der Waals surface area contributed by atoms with E-state index in [-0.39, 0.29) is 23.5 Å². The molecular weight excluding hydrogens is 206 g/mol. The number of nitrogens with zero attached hydrogens (tertiary/aromatic N) is 1. The molecule has 0 aromatic heterocycles. The first-order chi connectivity index (χ1) is 7.51. The van der Waals surface area contributed by atoms with E-state index in [2.05, 4.69) is 31.2 Å². The summed E-state index contributed by atoms with van der Waals surface area (Å²) in [5.41, 5.74) is 5.53. The highest BCUT2D eigenvalue weighted by Gasteiger charge is 2.38. The average Bonchev–Trinajstić information content (AvgIpc) is 2.58. The van der Waals surface area contributed by atoms with Crippen LogP contribution in [0.4, 0.5) is 0 Å². The molecule has 1 heterocycles. The summed E-state index contributed by atoms with van der Waals surface area (Å²) in [6.45, 7) is 7.13. The van der Waals surface area contributed by atoms with Crippen molar-refractivity contribution in [3.63, 3.8) is 0 Å². The van der Waals surface area contributed by atoms with Crippen LogP contribution in [0.15, 0.2) is 5.16 Å². The lowest BCUT2D eigenvalue weighted by Gasteiger charge is -2.33. The van der Waals surface area contributed by atoms with Crippen molar-refractivity contribution in [1.82, 2.24) is 5.32 Å². The molecule has 0 aromatic carbocycles. The van der Waals surface area contributed by atoms with E-state index in [4.69, 9.17) is 15.7 Å². The van der Waals surface area contributed by atoms with Gasteiger partial charge in [-0.1, -0.05) is 12.1 Å². The average molecular weight is 229 g/mol. The van der Waals surface area contributed by atoms with Gasteiger partial charge in [-0.3, -0.25) is 0 Å². The number of hydrogen-bond donors (Lipinski definition) is 3. The predicted octanol–water partition coefficient (Wildman–Crippen LogP) is 1.06. The fourth-order valence-electron chi connectivity index (χ4n) is 2.08. The molecule has 5 nitrogen and oxygen atoms in total. The summed E-state index contributed by atoms with van der Waals surface area (Å²) in [4.78, 5) is 0. The second kappa shape index (κ2) is 5.50. The van der Waals surface area contributed by atoms with Gasteiger partial charge in [-0.25, -0.2) is 0 Å². The largest absolute Gasteiger partial charge is 0.409 e. The highest BCUT2D eigenvalue weighted by molar-refractivity contribution is 5.80. The van der Waals surface area contributed by atoms with Crippen LogP contribution in [0.5, 0.6) is 0 Å². The smallest absolute Gasteiger partial charge is 0.140 e. The summed E-state index contributed by atoms with van der Waals surface area (Å²) in [7, 11) is 0. The number of nitrogens with two attached hydrogens (primary N) is 1. The molecule has 0 aliphatic carbocycles. The number of ether oxygens (including phenoxy) is 1. The molecule has 0 spiro atoms. The third-order valence-electron chi connectivity index (χ3n) is 3.50. The zero-order chi connectivity index (χ0) is 12.2. The standard InChI is InChI=1S/C11H23N3O2/c1-4-9(7-10(12)14-15)13-11(3)5-6-16-8(11)2/h8-9,13,15H,4-7H2,1-3H3,(H2,12,14). The molecule has 1 aliphatic rings. The second-order valence-corrected chi connectivity index (χ2v) is 4.73. The third kappa shape index (κ3) is 3.09. The Hall–Kier alpha value is -0.810. The molecule has 1 saturated heterocycles. The van der Waals surface area contributed by atoms with E-state index in [1.165, 1.54) is 0 Å². The quantitative estimate of drug-likeness (QED) is 0.285. The van der Waals surface area contributed by atoms with Crippen molar-refractivity contribution in [2.45, 2.75) is 57.7 Å². The SMILES string of the molecule is CCC(CC(N)=NO)NC1(C)CCOC1C. The molecule has 0 aromatic rings. The second-order valence-electron chi connectivity index (χ2n) is 4.73. The van der Waals surface area contributed by atoms with Crippen molar-refractivity contribution in [3.8, 4) is 0 Å². The molecule has 3 unspecified atom stereocenters. The van der Waals surface area contributed by atoms with Crippen molar-refractivity contribution >= 4 is 5.84 Å². The third-order valence-corrected chi connectivity index (χ3v) is 3.50. The van der Waals surface area contributed by atoms with Crippen LogP contribution in [0.2, 0.25) is 0 Å². The number of hydrogen-bond acceptors (Lipinski definition) is 4. The van der Waals surface area contributed by atoms with Gasteiger partial charge in [0.15, 0.2) is 0 Å². The number of rotatable bonds is 5. The van der Waals surface area contributed by atoms with Gasteiger partial charge in [0, 0.05) is 24.6 Å². The molecular formula is C11H23N3O2. The number of oxime groups is 1. The topological polar surface area (TPSA) is 79.9 Å². The zero-order valence-corrected chi connectivity index (χ0v) is 10.4. The van der Waals surface area contributed by atoms with Gasteiger partial charge in [0.25, 0.3) is 0 Å². The monoisotopic (exact) mass is 229 g/mol. The Morgan fingerprint density at radius 1 is 1.75 bits per heavy atom. The molecule has 1 aliphatic heterocycles. The van der Waals surface area contributed by atoms with Crippen LogP contribution >= 0.6 is 0 Å². The summed E-state index contributed by atoms with van der Waals surface area (Å²) in [6.07, 6.45) is 2.71. The molecule has 94 valence electrons. The van der Waals surface area contributed by atoms with Crippen molar-refractivity contribution in [2.75, 3.05) is 6.61 Å². The van der Waals surface area contributed by atoms with E-state index in [9.17, 15) is 0 Å². The molecule has 16 heavy (non-hydrogen) atoms. The molecule has 0 bridgehead atoms. The summed E-state index contributed by atoms with van der Waals surface area (Å²) in [5.74, 6) is 0.273. The summed E-state index contributed by atoms with van der Waals surface area (Å²) < 4.78 is 5.57. The van der Waals surface area contributed by atoms with Gasteiger partial charge >= 0.3 is 0 Å². The maximum Gasteiger partial charge on any atom is 0.140 e. The van der Waals surface area contributed by atoms with E-state index in [0.29, 0.717) is 6.42 Å². The highest BCUT2D eigenvalue weighted by atomic mass is 16.5. The van der Waals surface area contributed by atoms with Crippen molar-refractivity contribution in [3.05, 3.63) is 0 Å². The Labute approximate surface area is 97.0 Å². The van der Waals surface area contributed by atoms with Gasteiger partial charge in [0.2, 0.25) is 0 Å². The van der Waals surface area contributed by atoms with Crippen molar-refractivity contribution < 1.29 is 9.94 Å². The van der Waals surface area contributed by atoms with Gasteiger partial charge in [-0.05, 0) is 26.7 Å². The van der Waals surface area contributed by atoms with Crippen molar-refractivity contribution in [1.29, 1.82) is 0 Å². The molecule has 0 radical (unpaired) electrons. The first kappa shape index (κ1) is 13.3. The van der Waals surface area contributed by atoms with E-state index < -0.39 is 0 Å². The minimum Gasteiger partial charge on any atom is -0.409 e. The van der Waals surface area contributed by atoms with E-state index in [0.717, 1.165) is 19.4 Å². The Kier molecular flexibility index (Phi) is 4.56. The summed E-state index contributed by atoms with van der Waals surface area (Å²) in [5, 5.41) is 15.1. The minimum absolute atomic E-state index is 0.00356. The Morgan fingerprint density at radius 3 is 2.88 bits per heavy atom. The molecule has 0 amide bonds. The lowest BCUT2D eigenvalue weighted by atomic mass is 9.92. The normalized spacial score (nSPS) is 32.9. The highest BCUT2D eigenvalue weighted by Crippen LogP contribution is 2.26. The Balaban J connectivity index is 2.55. The van der Waals surface area contributed by atoms with E-state index >= 15 is 0 Å². The van der Waals surface area contributed by atoms with Crippen LogP contribution in [0.25, 0.3) is 0 Å². The van der Waals surface area contributed by atoms with Gasteiger partial charge < -0.3 is 21.0 Å². The predicted molar refractivity (Wildman–Crippen MR) is 63.7 cm³/mol. The number of amidine groups is 1. The van der Waals surface area contributed by atoms with E-state index in [1.807, 2.05) is 0 Å². The molecule has 5 heteroatoms. The summed E-state index contributed by atoms with van der Waals surface area (Å²) >= 11 is 0. The van der Waals surface area contributed by atoms with Gasteiger partial charge in [0.1, 0.15) is 5.84 Å². The fraction of sp³-hybridized carbons (Fsp3) is 0.909. The Morgan fingerprint density at radius 2 is 2.44 bits per heavy atom. The van der Waals surface area contributed by atoms with Crippen LogP contribution in [-0.4, -0.2) is 35.3 Å². The molecule has 3 atom stereocenters. The first-order valence-electron chi connectivity index (χ1n) is 5.87. The van der Waals surface area contributed by atoms with Crippen LogP contribution in [0.1, 0.15) is 40.0 Å². The number of nitrogens with one attached hydrogen (secondary N) is 1. The maximum atomic E-state index is 8.57. The summed E-state index contributed by atoms with van der Waals surface area (Å²) in [6, 6.07) is 0.227. The minimum atomic E-state index is -0.00356. The molecule has 1 fully saturated rings.